The summed E-state index contributed by atoms with van der Waals surface area (Å²) in [7, 11) is 2.08. The Kier molecular flexibility index (Phi) is 7.92. The molecule has 1 aromatic rings. The zero-order valence-electron chi connectivity index (χ0n) is 12.8. The molecule has 0 saturated heterocycles. The molecule has 0 aromatic heterocycles. The number of benzene rings is 1. The van der Waals surface area contributed by atoms with Gasteiger partial charge < -0.3 is 15.0 Å². The first-order chi connectivity index (χ1) is 9.63. The molecule has 0 spiro atoms. The fraction of sp³-hybridized carbons (Fsp3) is 0.562. The normalized spacial score (nSPS) is 12.4. The highest BCUT2D eigenvalue weighted by Crippen LogP contribution is 2.04. The van der Waals surface area contributed by atoms with Gasteiger partial charge in [-0.2, -0.15) is 0 Å². The van der Waals surface area contributed by atoms with Gasteiger partial charge in [0.25, 0.3) is 0 Å². The molecule has 1 unspecified atom stereocenters. The Morgan fingerprint density at radius 2 is 2.05 bits per heavy atom. The summed E-state index contributed by atoms with van der Waals surface area (Å²) in [6.45, 7) is 7.94. The van der Waals surface area contributed by atoms with Gasteiger partial charge in [-0.3, -0.25) is 4.79 Å². The second-order valence-electron chi connectivity index (χ2n) is 5.09. The van der Waals surface area contributed by atoms with Crippen molar-refractivity contribution in [2.75, 3.05) is 33.2 Å². The van der Waals surface area contributed by atoms with Gasteiger partial charge in [0.05, 0.1) is 5.92 Å². The predicted molar refractivity (Wildman–Crippen MR) is 81.4 cm³/mol. The second-order valence-corrected chi connectivity index (χ2v) is 5.09. The Balaban J connectivity index is 2.16. The van der Waals surface area contributed by atoms with E-state index in [1.54, 1.807) is 0 Å². The highest BCUT2D eigenvalue weighted by atomic mass is 16.5. The maximum Gasteiger partial charge on any atom is 0.310 e. The SMILES string of the molecule is CCN(C)CCNCC(C)C(=O)OCc1ccccc1. The molecule has 1 rings (SSSR count). The average Bonchev–Trinajstić information content (AvgIpc) is 2.49. The summed E-state index contributed by atoms with van der Waals surface area (Å²) in [5.74, 6) is -0.268. The van der Waals surface area contributed by atoms with E-state index in [2.05, 4.69) is 24.2 Å². The van der Waals surface area contributed by atoms with Crippen molar-refractivity contribution in [3.8, 4) is 0 Å². The summed E-state index contributed by atoms with van der Waals surface area (Å²) in [4.78, 5) is 14.1. The standard InChI is InChI=1S/C16H26N2O2/c1-4-18(3)11-10-17-12-14(2)16(19)20-13-15-8-6-5-7-9-15/h5-9,14,17H,4,10-13H2,1-3H3. The lowest BCUT2D eigenvalue weighted by atomic mass is 10.2. The van der Waals surface area contributed by atoms with Crippen LogP contribution in [0.25, 0.3) is 0 Å². The van der Waals surface area contributed by atoms with Crippen molar-refractivity contribution in [2.24, 2.45) is 5.92 Å². The minimum absolute atomic E-state index is 0.120. The van der Waals surface area contributed by atoms with Crippen molar-refractivity contribution in [3.05, 3.63) is 35.9 Å². The van der Waals surface area contributed by atoms with E-state index in [4.69, 9.17) is 4.74 Å². The fourth-order valence-corrected chi connectivity index (χ4v) is 1.70. The number of carbonyl (C=O) groups excluding carboxylic acids is 1. The van der Waals surface area contributed by atoms with Crippen LogP contribution in [0.5, 0.6) is 0 Å². The van der Waals surface area contributed by atoms with Gasteiger partial charge in [0, 0.05) is 19.6 Å². The van der Waals surface area contributed by atoms with Gasteiger partial charge >= 0.3 is 5.97 Å². The molecule has 112 valence electrons. The van der Waals surface area contributed by atoms with Crippen LogP contribution >= 0.6 is 0 Å². The summed E-state index contributed by atoms with van der Waals surface area (Å²) in [5, 5.41) is 3.29. The molecule has 4 heteroatoms. The Bertz CT molecular complexity index is 381. The van der Waals surface area contributed by atoms with Crippen molar-refractivity contribution < 1.29 is 9.53 Å². The van der Waals surface area contributed by atoms with Crippen molar-refractivity contribution in [3.63, 3.8) is 0 Å². The van der Waals surface area contributed by atoms with Crippen molar-refractivity contribution in [1.29, 1.82) is 0 Å². The number of hydrogen-bond acceptors (Lipinski definition) is 4. The number of nitrogens with one attached hydrogen (secondary N) is 1. The Labute approximate surface area is 122 Å². The van der Waals surface area contributed by atoms with E-state index in [9.17, 15) is 4.79 Å². The number of rotatable bonds is 9. The molecule has 1 N–H and O–H groups in total. The number of hydrogen-bond donors (Lipinski definition) is 1. The quantitative estimate of drug-likeness (QED) is 0.553. The molecule has 1 aromatic carbocycles. The van der Waals surface area contributed by atoms with E-state index in [-0.39, 0.29) is 11.9 Å². The van der Waals surface area contributed by atoms with E-state index in [0.29, 0.717) is 13.2 Å². The highest BCUT2D eigenvalue weighted by Gasteiger charge is 2.13. The molecular weight excluding hydrogens is 252 g/mol. The lowest BCUT2D eigenvalue weighted by Gasteiger charge is -2.16. The molecule has 0 bridgehead atoms. The zero-order valence-corrected chi connectivity index (χ0v) is 12.8. The lowest BCUT2D eigenvalue weighted by molar-refractivity contribution is -0.149. The lowest BCUT2D eigenvalue weighted by Crippen LogP contribution is -2.33. The minimum Gasteiger partial charge on any atom is -0.461 e. The Morgan fingerprint density at radius 3 is 2.70 bits per heavy atom. The maximum absolute atomic E-state index is 11.8. The minimum atomic E-state index is -0.148. The van der Waals surface area contributed by atoms with Gasteiger partial charge in [0.2, 0.25) is 0 Å². The van der Waals surface area contributed by atoms with Crippen LogP contribution in [-0.2, 0) is 16.1 Å². The highest BCUT2D eigenvalue weighted by molar-refractivity contribution is 5.72. The van der Waals surface area contributed by atoms with E-state index in [1.807, 2.05) is 37.3 Å². The third-order valence-electron chi connectivity index (χ3n) is 3.29. The maximum atomic E-state index is 11.8. The first-order valence-corrected chi connectivity index (χ1v) is 7.23. The molecule has 4 nitrogen and oxygen atoms in total. The number of esters is 1. The van der Waals surface area contributed by atoms with E-state index >= 15 is 0 Å². The van der Waals surface area contributed by atoms with Crippen LogP contribution in [0.15, 0.2) is 30.3 Å². The predicted octanol–water partition coefficient (Wildman–Crippen LogP) is 1.91. The molecule has 0 saturated carbocycles. The van der Waals surface area contributed by atoms with Crippen LogP contribution in [0.2, 0.25) is 0 Å². The number of ether oxygens (including phenoxy) is 1. The molecule has 20 heavy (non-hydrogen) atoms. The fourth-order valence-electron chi connectivity index (χ4n) is 1.70. The molecule has 0 aliphatic carbocycles. The molecule has 0 aliphatic heterocycles. The molecule has 0 aliphatic rings. The number of likely N-dealkylation sites (N-methyl/N-ethyl adjacent to an activating group) is 1. The van der Waals surface area contributed by atoms with E-state index in [0.717, 1.165) is 25.2 Å². The third-order valence-corrected chi connectivity index (χ3v) is 3.29. The second kappa shape index (κ2) is 9.50. The first-order valence-electron chi connectivity index (χ1n) is 7.23. The van der Waals surface area contributed by atoms with Crippen LogP contribution in [0, 0.1) is 5.92 Å². The van der Waals surface area contributed by atoms with Gasteiger partial charge in [0.15, 0.2) is 0 Å². The van der Waals surface area contributed by atoms with Gasteiger partial charge in [-0.25, -0.2) is 0 Å². The molecule has 0 amide bonds. The number of carbonyl (C=O) groups is 1. The van der Waals surface area contributed by atoms with Crippen molar-refractivity contribution >= 4 is 5.97 Å². The zero-order chi connectivity index (χ0) is 14.8. The molecule has 0 heterocycles. The van der Waals surface area contributed by atoms with Gasteiger partial charge in [-0.1, -0.05) is 44.2 Å². The Hall–Kier alpha value is -1.39. The Morgan fingerprint density at radius 1 is 1.35 bits per heavy atom. The van der Waals surface area contributed by atoms with Crippen molar-refractivity contribution in [2.45, 2.75) is 20.5 Å². The molecule has 1 atom stereocenters. The van der Waals surface area contributed by atoms with Gasteiger partial charge in [-0.05, 0) is 19.2 Å². The van der Waals surface area contributed by atoms with Crippen molar-refractivity contribution in [1.82, 2.24) is 10.2 Å². The molecule has 0 radical (unpaired) electrons. The van der Waals surface area contributed by atoms with Crippen LogP contribution < -0.4 is 5.32 Å². The third kappa shape index (κ3) is 6.68. The van der Waals surface area contributed by atoms with Gasteiger partial charge in [0.1, 0.15) is 6.61 Å². The van der Waals surface area contributed by atoms with Crippen LogP contribution in [-0.4, -0.2) is 44.1 Å². The average molecular weight is 278 g/mol. The summed E-state index contributed by atoms with van der Waals surface area (Å²) in [5.41, 5.74) is 1.02. The molecular formula is C16H26N2O2. The van der Waals surface area contributed by atoms with E-state index < -0.39 is 0 Å². The monoisotopic (exact) mass is 278 g/mol. The summed E-state index contributed by atoms with van der Waals surface area (Å²) in [6, 6.07) is 9.75. The van der Waals surface area contributed by atoms with Crippen LogP contribution in [0.4, 0.5) is 0 Å². The topological polar surface area (TPSA) is 41.6 Å². The summed E-state index contributed by atoms with van der Waals surface area (Å²) >= 11 is 0. The first kappa shape index (κ1) is 16.7. The molecule has 0 fully saturated rings. The van der Waals surface area contributed by atoms with Gasteiger partial charge in [-0.15, -0.1) is 0 Å². The number of nitrogens with zero attached hydrogens (tertiary/aromatic N) is 1. The van der Waals surface area contributed by atoms with Crippen LogP contribution in [0.3, 0.4) is 0 Å². The largest absolute Gasteiger partial charge is 0.461 e. The van der Waals surface area contributed by atoms with Crippen LogP contribution in [0.1, 0.15) is 19.4 Å². The van der Waals surface area contributed by atoms with E-state index in [1.165, 1.54) is 0 Å². The summed E-state index contributed by atoms with van der Waals surface area (Å²) < 4.78 is 5.30. The smallest absolute Gasteiger partial charge is 0.310 e. The summed E-state index contributed by atoms with van der Waals surface area (Å²) in [6.07, 6.45) is 0.